The van der Waals surface area contributed by atoms with Crippen LogP contribution in [0.4, 0.5) is 0 Å². The van der Waals surface area contributed by atoms with E-state index >= 15 is 0 Å². The summed E-state index contributed by atoms with van der Waals surface area (Å²) in [5.74, 6) is 0. The van der Waals surface area contributed by atoms with E-state index in [1.54, 1.807) is 0 Å². The van der Waals surface area contributed by atoms with E-state index in [-0.39, 0.29) is 5.56 Å². The van der Waals surface area contributed by atoms with E-state index in [2.05, 4.69) is 60.5 Å². The Morgan fingerprint density at radius 3 is 2.54 bits per heavy atom. The quantitative estimate of drug-likeness (QED) is 0.652. The van der Waals surface area contributed by atoms with Gasteiger partial charge in [-0.05, 0) is 49.9 Å². The minimum Gasteiger partial charge on any atom is -0.308 e. The van der Waals surface area contributed by atoms with Gasteiger partial charge in [-0.1, -0.05) is 48.5 Å². The molecule has 0 N–H and O–H groups in total. The largest absolute Gasteiger partial charge is 0.308 e. The number of para-hydroxylation sites is 1. The Bertz CT molecular complexity index is 959. The number of rotatable bonds is 5. The van der Waals surface area contributed by atoms with Crippen molar-refractivity contribution in [3.05, 3.63) is 81.6 Å². The average molecular weight is 346 g/mol. The van der Waals surface area contributed by atoms with Crippen molar-refractivity contribution >= 4 is 10.9 Å². The van der Waals surface area contributed by atoms with Gasteiger partial charge in [-0.3, -0.25) is 4.79 Å². The van der Waals surface area contributed by atoms with E-state index in [1.165, 1.54) is 16.5 Å². The van der Waals surface area contributed by atoms with E-state index < -0.39 is 0 Å². The highest BCUT2D eigenvalue weighted by Crippen LogP contribution is 2.25. The second kappa shape index (κ2) is 7.46. The lowest BCUT2D eigenvalue weighted by atomic mass is 9.96. The summed E-state index contributed by atoms with van der Waals surface area (Å²) in [4.78, 5) is 15.4. The number of hydrogen-bond donors (Lipinski definition) is 0. The van der Waals surface area contributed by atoms with Gasteiger partial charge in [0.25, 0.3) is 5.56 Å². The van der Waals surface area contributed by atoms with Crippen LogP contribution in [0.1, 0.15) is 29.5 Å². The molecule has 0 unspecified atom stereocenters. The molecule has 3 heteroatoms. The highest BCUT2D eigenvalue weighted by molar-refractivity contribution is 5.84. The predicted molar refractivity (Wildman–Crippen MR) is 108 cm³/mol. The molecule has 0 fully saturated rings. The van der Waals surface area contributed by atoms with Crippen molar-refractivity contribution in [1.82, 2.24) is 9.47 Å². The zero-order valence-electron chi connectivity index (χ0n) is 15.4. The van der Waals surface area contributed by atoms with Crippen molar-refractivity contribution in [1.29, 1.82) is 0 Å². The van der Waals surface area contributed by atoms with Crippen LogP contribution in [0.15, 0.2) is 59.4 Å². The van der Waals surface area contributed by atoms with Gasteiger partial charge < -0.3 is 9.47 Å². The minimum absolute atomic E-state index is 0.213. The summed E-state index contributed by atoms with van der Waals surface area (Å²) in [7, 11) is 2.10. The van der Waals surface area contributed by atoms with Gasteiger partial charge in [0.05, 0.1) is 5.52 Å². The normalized spacial score (nSPS) is 14.5. The Morgan fingerprint density at radius 2 is 1.69 bits per heavy atom. The maximum Gasteiger partial charge on any atom is 0.255 e. The van der Waals surface area contributed by atoms with Crippen LogP contribution in [0, 0.1) is 0 Å². The van der Waals surface area contributed by atoms with E-state index in [1.807, 2.05) is 10.6 Å². The molecule has 0 atom stereocenters. The van der Waals surface area contributed by atoms with Crippen LogP contribution in [0.3, 0.4) is 0 Å². The molecule has 1 aliphatic heterocycles. The van der Waals surface area contributed by atoms with E-state index in [0.29, 0.717) is 0 Å². The van der Waals surface area contributed by atoms with Crippen molar-refractivity contribution in [2.75, 3.05) is 13.6 Å². The van der Waals surface area contributed by atoms with Gasteiger partial charge in [-0.15, -0.1) is 0 Å². The Balaban J connectivity index is 1.60. The fourth-order valence-corrected chi connectivity index (χ4v) is 4.09. The Morgan fingerprint density at radius 1 is 0.923 bits per heavy atom. The summed E-state index contributed by atoms with van der Waals surface area (Å²) >= 11 is 0. The molecule has 1 aliphatic rings. The number of fused-ring (bicyclic) bond motifs is 3. The first-order chi connectivity index (χ1) is 12.7. The number of nitrogens with zero attached hydrogens (tertiary/aromatic N) is 2. The van der Waals surface area contributed by atoms with Crippen molar-refractivity contribution in [2.45, 2.75) is 38.8 Å². The predicted octanol–water partition coefficient (Wildman–Crippen LogP) is 4.01. The number of unbranched alkanes of at least 4 members (excludes halogenated alkanes) is 1. The first kappa shape index (κ1) is 17.0. The molecule has 0 amide bonds. The van der Waals surface area contributed by atoms with E-state index in [9.17, 15) is 4.79 Å². The topological polar surface area (TPSA) is 25.2 Å². The lowest BCUT2D eigenvalue weighted by Crippen LogP contribution is -2.35. The Kier molecular flexibility index (Phi) is 4.89. The molecule has 0 radical (unpaired) electrons. The Hall–Kier alpha value is -2.39. The highest BCUT2D eigenvalue weighted by atomic mass is 16.1. The molecule has 0 saturated carbocycles. The van der Waals surface area contributed by atoms with Gasteiger partial charge in [0, 0.05) is 30.6 Å². The lowest BCUT2D eigenvalue weighted by molar-refractivity contribution is 0.310. The van der Waals surface area contributed by atoms with Crippen LogP contribution >= 0.6 is 0 Å². The number of likely N-dealkylation sites (N-methyl/N-ethyl adjacent to an activating group) is 1. The summed E-state index contributed by atoms with van der Waals surface area (Å²) in [6.45, 7) is 2.59. The molecule has 3 aromatic rings. The molecule has 2 heterocycles. The average Bonchev–Trinajstić information content (AvgIpc) is 2.68. The second-order valence-electron chi connectivity index (χ2n) is 7.36. The number of pyridine rings is 1. The minimum atomic E-state index is 0.213. The molecule has 0 bridgehead atoms. The first-order valence-electron chi connectivity index (χ1n) is 9.60. The molecule has 0 saturated heterocycles. The number of benzene rings is 2. The summed E-state index contributed by atoms with van der Waals surface area (Å²) in [6.07, 6.45) is 4.16. The number of hydrogen-bond acceptors (Lipinski definition) is 2. The molecule has 2 aromatic carbocycles. The smallest absolute Gasteiger partial charge is 0.255 e. The summed E-state index contributed by atoms with van der Waals surface area (Å²) in [5.41, 5.74) is 4.95. The molecular formula is C23H26N2O. The summed E-state index contributed by atoms with van der Waals surface area (Å²) in [6, 6.07) is 19.0. The summed E-state index contributed by atoms with van der Waals surface area (Å²) in [5, 5.41) is 1.26. The van der Waals surface area contributed by atoms with Crippen molar-refractivity contribution in [3.63, 3.8) is 0 Å². The fourth-order valence-electron chi connectivity index (χ4n) is 4.09. The molecule has 4 rings (SSSR count). The van der Waals surface area contributed by atoms with Gasteiger partial charge in [0.15, 0.2) is 0 Å². The summed E-state index contributed by atoms with van der Waals surface area (Å²) < 4.78 is 2.01. The van der Waals surface area contributed by atoms with Crippen LogP contribution in [0.25, 0.3) is 10.9 Å². The van der Waals surface area contributed by atoms with Crippen molar-refractivity contribution < 1.29 is 0 Å². The van der Waals surface area contributed by atoms with E-state index in [4.69, 9.17) is 0 Å². The van der Waals surface area contributed by atoms with Gasteiger partial charge in [0.2, 0.25) is 0 Å². The monoisotopic (exact) mass is 346 g/mol. The Labute approximate surface area is 154 Å². The molecule has 0 spiro atoms. The van der Waals surface area contributed by atoms with Gasteiger partial charge in [-0.2, -0.15) is 0 Å². The number of aromatic nitrogens is 1. The standard InChI is InChI=1S/C23H26N2O/c1-24-16-14-19-20-12-5-6-13-22(20)25(23(26)21(19)17-24)15-8-7-11-18-9-3-2-4-10-18/h2-6,9-10,12-13H,7-8,11,14-17H2,1H3. The van der Waals surface area contributed by atoms with Gasteiger partial charge >= 0.3 is 0 Å². The molecule has 134 valence electrons. The third kappa shape index (κ3) is 3.32. The third-order valence-corrected chi connectivity index (χ3v) is 5.50. The molecular weight excluding hydrogens is 320 g/mol. The van der Waals surface area contributed by atoms with Crippen LogP contribution in [0.5, 0.6) is 0 Å². The zero-order chi connectivity index (χ0) is 17.9. The van der Waals surface area contributed by atoms with E-state index in [0.717, 1.165) is 56.4 Å². The van der Waals surface area contributed by atoms with Crippen LogP contribution < -0.4 is 5.56 Å². The van der Waals surface area contributed by atoms with Gasteiger partial charge in [0.1, 0.15) is 0 Å². The van der Waals surface area contributed by atoms with Crippen molar-refractivity contribution in [2.24, 2.45) is 0 Å². The van der Waals surface area contributed by atoms with Gasteiger partial charge in [-0.25, -0.2) is 0 Å². The lowest BCUT2D eigenvalue weighted by Gasteiger charge is -2.27. The van der Waals surface area contributed by atoms with Crippen molar-refractivity contribution in [3.8, 4) is 0 Å². The zero-order valence-corrected chi connectivity index (χ0v) is 15.4. The first-order valence-corrected chi connectivity index (χ1v) is 9.60. The molecule has 0 aliphatic carbocycles. The maximum atomic E-state index is 13.2. The fraction of sp³-hybridized carbons (Fsp3) is 0.348. The highest BCUT2D eigenvalue weighted by Gasteiger charge is 2.21. The number of aryl methyl sites for hydroxylation is 2. The molecule has 1 aromatic heterocycles. The van der Waals surface area contributed by atoms with Crippen LogP contribution in [0.2, 0.25) is 0 Å². The second-order valence-corrected chi connectivity index (χ2v) is 7.36. The van der Waals surface area contributed by atoms with Crippen LogP contribution in [-0.2, 0) is 25.9 Å². The van der Waals surface area contributed by atoms with Crippen LogP contribution in [-0.4, -0.2) is 23.1 Å². The molecule has 3 nitrogen and oxygen atoms in total. The SMILES string of the molecule is CN1CCc2c(c(=O)n(CCCCc3ccccc3)c3ccccc23)C1. The third-order valence-electron chi connectivity index (χ3n) is 5.50. The molecule has 26 heavy (non-hydrogen) atoms. The maximum absolute atomic E-state index is 13.2.